The lowest BCUT2D eigenvalue weighted by Crippen LogP contribution is -2.28. The monoisotopic (exact) mass is 394 g/mol. The molecule has 1 saturated heterocycles. The van der Waals surface area contributed by atoms with Crippen molar-refractivity contribution in [1.29, 1.82) is 0 Å². The average Bonchev–Trinajstić information content (AvgIpc) is 3.26. The predicted octanol–water partition coefficient (Wildman–Crippen LogP) is 2.65. The van der Waals surface area contributed by atoms with Crippen molar-refractivity contribution < 1.29 is 8.42 Å². The first kappa shape index (κ1) is 18.6. The van der Waals surface area contributed by atoms with E-state index in [2.05, 4.69) is 9.97 Å². The Bertz CT molecular complexity index is 1050. The summed E-state index contributed by atoms with van der Waals surface area (Å²) >= 11 is 0. The van der Waals surface area contributed by atoms with Gasteiger partial charge >= 0.3 is 0 Å². The maximum Gasteiger partial charge on any atom is 0.225 e. The van der Waals surface area contributed by atoms with Crippen LogP contribution in [0.5, 0.6) is 0 Å². The molecular formula is C21H22N4O2S. The lowest BCUT2D eigenvalue weighted by Gasteiger charge is -2.17. The highest BCUT2D eigenvalue weighted by Crippen LogP contribution is 2.27. The molecule has 0 amide bonds. The number of aromatic nitrogens is 2. The van der Waals surface area contributed by atoms with Gasteiger partial charge in [-0.1, -0.05) is 36.4 Å². The van der Waals surface area contributed by atoms with E-state index in [1.165, 1.54) is 0 Å². The highest BCUT2D eigenvalue weighted by Gasteiger charge is 2.35. The molecule has 2 aromatic carbocycles. The van der Waals surface area contributed by atoms with E-state index >= 15 is 0 Å². The van der Waals surface area contributed by atoms with Crippen LogP contribution in [-0.2, 0) is 16.4 Å². The van der Waals surface area contributed by atoms with Gasteiger partial charge in [-0.25, -0.2) is 18.4 Å². The minimum Gasteiger partial charge on any atom is -0.339 e. The van der Waals surface area contributed by atoms with Gasteiger partial charge in [-0.2, -0.15) is 0 Å². The summed E-state index contributed by atoms with van der Waals surface area (Å²) in [6.07, 6.45) is 4.12. The highest BCUT2D eigenvalue weighted by molar-refractivity contribution is 7.92. The largest absolute Gasteiger partial charge is 0.339 e. The molecule has 3 aromatic rings. The lowest BCUT2D eigenvalue weighted by molar-refractivity contribution is 0.583. The Kier molecular flexibility index (Phi) is 5.11. The van der Waals surface area contributed by atoms with Crippen molar-refractivity contribution in [2.24, 2.45) is 5.73 Å². The Morgan fingerprint density at radius 1 is 1.00 bits per heavy atom. The second-order valence-electron chi connectivity index (χ2n) is 6.89. The quantitative estimate of drug-likeness (QED) is 0.716. The number of nitrogens with zero attached hydrogens (tertiary/aromatic N) is 3. The molecule has 1 unspecified atom stereocenters. The van der Waals surface area contributed by atoms with Crippen molar-refractivity contribution in [3.63, 3.8) is 0 Å². The second kappa shape index (κ2) is 7.69. The van der Waals surface area contributed by atoms with Gasteiger partial charge in [0.1, 0.15) is 0 Å². The Morgan fingerprint density at radius 3 is 2.46 bits per heavy atom. The standard InChI is InChI=1S/C21H22N4O2S/c22-12-16-5-4-6-17(11-16)18-13-23-21(24-14-18)25-10-9-20(15-25)28(26,27)19-7-2-1-3-8-19/h1-8,11,13-14,20H,9-10,12,15,22H2. The van der Waals surface area contributed by atoms with Crippen LogP contribution in [0.1, 0.15) is 12.0 Å². The lowest BCUT2D eigenvalue weighted by atomic mass is 10.1. The fourth-order valence-electron chi connectivity index (χ4n) is 3.48. The maximum atomic E-state index is 12.8. The zero-order valence-corrected chi connectivity index (χ0v) is 16.2. The van der Waals surface area contributed by atoms with Crippen molar-refractivity contribution in [3.8, 4) is 11.1 Å². The molecule has 4 rings (SSSR count). The minimum atomic E-state index is -3.35. The van der Waals surface area contributed by atoms with E-state index in [0.717, 1.165) is 16.7 Å². The van der Waals surface area contributed by atoms with Crippen LogP contribution in [0.25, 0.3) is 11.1 Å². The van der Waals surface area contributed by atoms with Gasteiger partial charge < -0.3 is 10.6 Å². The smallest absolute Gasteiger partial charge is 0.225 e. The molecule has 1 aliphatic heterocycles. The third-order valence-corrected chi connectivity index (χ3v) is 7.26. The summed E-state index contributed by atoms with van der Waals surface area (Å²) < 4.78 is 25.7. The van der Waals surface area contributed by atoms with E-state index < -0.39 is 15.1 Å². The van der Waals surface area contributed by atoms with E-state index in [4.69, 9.17) is 5.73 Å². The van der Waals surface area contributed by atoms with Crippen molar-refractivity contribution in [1.82, 2.24) is 9.97 Å². The zero-order valence-electron chi connectivity index (χ0n) is 15.4. The van der Waals surface area contributed by atoms with Crippen LogP contribution in [-0.4, -0.2) is 36.7 Å². The summed E-state index contributed by atoms with van der Waals surface area (Å²) in [7, 11) is -3.35. The summed E-state index contributed by atoms with van der Waals surface area (Å²) in [6, 6.07) is 16.6. The molecule has 0 spiro atoms. The molecule has 144 valence electrons. The molecule has 0 bridgehead atoms. The molecule has 7 heteroatoms. The summed E-state index contributed by atoms with van der Waals surface area (Å²) in [5.74, 6) is 0.560. The minimum absolute atomic E-state index is 0.373. The first-order valence-corrected chi connectivity index (χ1v) is 10.8. The fourth-order valence-corrected chi connectivity index (χ4v) is 5.19. The van der Waals surface area contributed by atoms with Crippen molar-refractivity contribution in [2.45, 2.75) is 23.1 Å². The van der Waals surface area contributed by atoms with Gasteiger partial charge in [0.25, 0.3) is 0 Å². The van der Waals surface area contributed by atoms with Crippen molar-refractivity contribution in [3.05, 3.63) is 72.6 Å². The van der Waals surface area contributed by atoms with E-state index in [9.17, 15) is 8.42 Å². The van der Waals surface area contributed by atoms with Crippen molar-refractivity contribution in [2.75, 3.05) is 18.0 Å². The Morgan fingerprint density at radius 2 is 1.75 bits per heavy atom. The number of rotatable bonds is 5. The summed E-state index contributed by atoms with van der Waals surface area (Å²) in [5, 5.41) is -0.445. The first-order chi connectivity index (χ1) is 13.6. The third-order valence-electron chi connectivity index (χ3n) is 5.07. The van der Waals surface area contributed by atoms with Crippen molar-refractivity contribution >= 4 is 15.8 Å². The van der Waals surface area contributed by atoms with Gasteiger partial charge in [-0.15, -0.1) is 0 Å². The molecule has 1 aromatic heterocycles. The molecule has 1 fully saturated rings. The van der Waals surface area contributed by atoms with Gasteiger partial charge in [0, 0.05) is 37.6 Å². The number of sulfone groups is 1. The van der Waals surface area contributed by atoms with Crippen LogP contribution in [0.4, 0.5) is 5.95 Å². The third kappa shape index (κ3) is 3.63. The van der Waals surface area contributed by atoms with Gasteiger partial charge in [0.05, 0.1) is 10.1 Å². The molecular weight excluding hydrogens is 372 g/mol. The summed E-state index contributed by atoms with van der Waals surface area (Å²) in [4.78, 5) is 11.2. The average molecular weight is 395 g/mol. The number of benzene rings is 2. The number of hydrogen-bond acceptors (Lipinski definition) is 6. The topological polar surface area (TPSA) is 89.2 Å². The van der Waals surface area contributed by atoms with Gasteiger partial charge in [-0.3, -0.25) is 0 Å². The van der Waals surface area contributed by atoms with Crippen LogP contribution < -0.4 is 10.6 Å². The Balaban J connectivity index is 1.50. The fraction of sp³-hybridized carbons (Fsp3) is 0.238. The van der Waals surface area contributed by atoms with Crippen LogP contribution in [0, 0.1) is 0 Å². The Labute approximate surface area is 165 Å². The molecule has 6 nitrogen and oxygen atoms in total. The first-order valence-electron chi connectivity index (χ1n) is 9.23. The number of nitrogens with two attached hydrogens (primary N) is 1. The molecule has 0 radical (unpaired) electrons. The van der Waals surface area contributed by atoms with Gasteiger partial charge in [0.15, 0.2) is 9.84 Å². The molecule has 0 aliphatic carbocycles. The SMILES string of the molecule is NCc1cccc(-c2cnc(N3CCC(S(=O)(=O)c4ccccc4)C3)nc2)c1. The summed E-state index contributed by atoms with van der Waals surface area (Å²) in [6.45, 7) is 1.51. The molecule has 0 saturated carbocycles. The Hall–Kier alpha value is -2.77. The zero-order chi connectivity index (χ0) is 19.6. The van der Waals surface area contributed by atoms with Crippen LogP contribution >= 0.6 is 0 Å². The molecule has 1 aliphatic rings. The van der Waals surface area contributed by atoms with Crippen LogP contribution in [0.15, 0.2) is 71.9 Å². The van der Waals surface area contributed by atoms with E-state index in [1.807, 2.05) is 35.2 Å². The molecule has 2 N–H and O–H groups in total. The van der Waals surface area contributed by atoms with Crippen LogP contribution in [0.2, 0.25) is 0 Å². The van der Waals surface area contributed by atoms with Gasteiger partial charge in [-0.05, 0) is 35.7 Å². The van der Waals surface area contributed by atoms with E-state index in [-0.39, 0.29) is 0 Å². The maximum absolute atomic E-state index is 12.8. The van der Waals surface area contributed by atoms with E-state index in [1.54, 1.807) is 36.7 Å². The summed E-state index contributed by atoms with van der Waals surface area (Å²) in [5.41, 5.74) is 8.68. The van der Waals surface area contributed by atoms with Crippen LogP contribution in [0.3, 0.4) is 0 Å². The van der Waals surface area contributed by atoms with E-state index in [0.29, 0.717) is 36.9 Å². The highest BCUT2D eigenvalue weighted by atomic mass is 32.2. The number of anilines is 1. The second-order valence-corrected chi connectivity index (χ2v) is 9.12. The molecule has 2 heterocycles. The normalized spacial score (nSPS) is 17.0. The molecule has 28 heavy (non-hydrogen) atoms. The van der Waals surface area contributed by atoms with Gasteiger partial charge in [0.2, 0.25) is 5.95 Å². The predicted molar refractivity (Wildman–Crippen MR) is 110 cm³/mol. The number of hydrogen-bond donors (Lipinski definition) is 1. The molecule has 1 atom stereocenters.